The molecular weight excluding hydrogens is 358 g/mol. The average molecular weight is 381 g/mol. The van der Waals surface area contributed by atoms with E-state index in [1.165, 1.54) is 6.07 Å². The van der Waals surface area contributed by atoms with Gasteiger partial charge in [0.15, 0.2) is 11.6 Å². The van der Waals surface area contributed by atoms with Crippen molar-refractivity contribution in [2.24, 2.45) is 11.7 Å². The van der Waals surface area contributed by atoms with Gasteiger partial charge in [0.25, 0.3) is 0 Å². The highest BCUT2D eigenvalue weighted by Gasteiger charge is 2.26. The summed E-state index contributed by atoms with van der Waals surface area (Å²) in [4.78, 5) is 12.0. The minimum Gasteiger partial charge on any atom is -0.491 e. The SMILES string of the molecule is Cl.NC(C(=O)NCC(O)COc1ccc(F)c(F)c1)C1CCOCC1. The molecule has 1 heterocycles. The maximum Gasteiger partial charge on any atom is 0.237 e. The molecule has 0 spiro atoms. The zero-order valence-electron chi connectivity index (χ0n) is 13.6. The molecule has 0 saturated carbocycles. The van der Waals surface area contributed by atoms with E-state index in [0.29, 0.717) is 13.2 Å². The van der Waals surface area contributed by atoms with Crippen molar-refractivity contribution in [2.45, 2.75) is 25.0 Å². The molecule has 0 aromatic heterocycles. The molecule has 1 aromatic carbocycles. The highest BCUT2D eigenvalue weighted by atomic mass is 35.5. The van der Waals surface area contributed by atoms with Crippen molar-refractivity contribution in [3.05, 3.63) is 29.8 Å². The van der Waals surface area contributed by atoms with Crippen LogP contribution in [0.3, 0.4) is 0 Å². The lowest BCUT2D eigenvalue weighted by Gasteiger charge is -2.27. The fraction of sp³-hybridized carbons (Fsp3) is 0.562. The Labute approximate surface area is 151 Å². The molecule has 9 heteroatoms. The van der Waals surface area contributed by atoms with Crippen LogP contribution in [0.15, 0.2) is 18.2 Å². The van der Waals surface area contributed by atoms with Gasteiger partial charge in [-0.05, 0) is 30.9 Å². The molecule has 1 saturated heterocycles. The molecule has 0 bridgehead atoms. The number of hydrogen-bond acceptors (Lipinski definition) is 5. The molecule has 1 aromatic rings. The van der Waals surface area contributed by atoms with E-state index in [0.717, 1.165) is 25.0 Å². The van der Waals surface area contributed by atoms with Crippen LogP contribution >= 0.6 is 12.4 Å². The van der Waals surface area contributed by atoms with E-state index in [2.05, 4.69) is 5.32 Å². The van der Waals surface area contributed by atoms with E-state index in [1.54, 1.807) is 0 Å². The summed E-state index contributed by atoms with van der Waals surface area (Å²) in [5.74, 6) is -2.18. The number of aliphatic hydroxyl groups excluding tert-OH is 1. The highest BCUT2D eigenvalue weighted by molar-refractivity contribution is 5.85. The molecule has 0 radical (unpaired) electrons. The van der Waals surface area contributed by atoms with Crippen LogP contribution in [0.1, 0.15) is 12.8 Å². The van der Waals surface area contributed by atoms with Crippen LogP contribution in [-0.4, -0.2) is 49.5 Å². The lowest BCUT2D eigenvalue weighted by Crippen LogP contribution is -2.49. The van der Waals surface area contributed by atoms with Gasteiger partial charge in [-0.25, -0.2) is 8.78 Å². The first kappa shape index (κ1) is 21.6. The first-order valence-electron chi connectivity index (χ1n) is 7.84. The molecule has 4 N–H and O–H groups in total. The first-order chi connectivity index (χ1) is 11.5. The van der Waals surface area contributed by atoms with Crippen LogP contribution in [0.4, 0.5) is 8.78 Å². The zero-order valence-corrected chi connectivity index (χ0v) is 14.4. The van der Waals surface area contributed by atoms with Crippen molar-refractivity contribution in [3.8, 4) is 5.75 Å². The lowest BCUT2D eigenvalue weighted by molar-refractivity contribution is -0.124. The van der Waals surface area contributed by atoms with Gasteiger partial charge in [-0.1, -0.05) is 0 Å². The maximum atomic E-state index is 13.0. The highest BCUT2D eigenvalue weighted by Crippen LogP contribution is 2.18. The van der Waals surface area contributed by atoms with Gasteiger partial charge in [-0.2, -0.15) is 0 Å². The molecule has 1 aliphatic heterocycles. The minimum atomic E-state index is -1.03. The molecule has 2 rings (SSSR count). The predicted octanol–water partition coefficient (Wildman–Crippen LogP) is 0.996. The Morgan fingerprint density at radius 3 is 2.68 bits per heavy atom. The summed E-state index contributed by atoms with van der Waals surface area (Å²) < 4.78 is 36.2. The van der Waals surface area contributed by atoms with Crippen LogP contribution in [0.2, 0.25) is 0 Å². The maximum absolute atomic E-state index is 13.0. The lowest BCUT2D eigenvalue weighted by atomic mass is 9.92. The van der Waals surface area contributed by atoms with E-state index >= 15 is 0 Å². The van der Waals surface area contributed by atoms with Gasteiger partial charge < -0.3 is 25.6 Å². The predicted molar refractivity (Wildman–Crippen MR) is 89.6 cm³/mol. The van der Waals surface area contributed by atoms with Gasteiger partial charge in [0.1, 0.15) is 18.5 Å². The Morgan fingerprint density at radius 2 is 2.04 bits per heavy atom. The quantitative estimate of drug-likeness (QED) is 0.656. The van der Waals surface area contributed by atoms with Crippen molar-refractivity contribution in [1.82, 2.24) is 5.32 Å². The molecule has 1 aliphatic rings. The second-order valence-electron chi connectivity index (χ2n) is 5.76. The summed E-state index contributed by atoms with van der Waals surface area (Å²) in [6.45, 7) is 0.976. The molecule has 6 nitrogen and oxygen atoms in total. The summed E-state index contributed by atoms with van der Waals surface area (Å²) in [5.41, 5.74) is 5.92. The number of nitrogens with two attached hydrogens (primary N) is 1. The largest absolute Gasteiger partial charge is 0.491 e. The van der Waals surface area contributed by atoms with Crippen molar-refractivity contribution in [2.75, 3.05) is 26.4 Å². The number of rotatable bonds is 7. The summed E-state index contributed by atoms with van der Waals surface area (Å²) in [5, 5.41) is 12.4. The Balaban J connectivity index is 0.00000312. The van der Waals surface area contributed by atoms with E-state index in [4.69, 9.17) is 15.2 Å². The Morgan fingerprint density at radius 1 is 1.36 bits per heavy atom. The average Bonchev–Trinajstić information content (AvgIpc) is 2.60. The van der Waals surface area contributed by atoms with Crippen LogP contribution < -0.4 is 15.8 Å². The van der Waals surface area contributed by atoms with Gasteiger partial charge in [0, 0.05) is 25.8 Å². The molecular formula is C16H23ClF2N2O4. The topological polar surface area (TPSA) is 93.8 Å². The fourth-order valence-corrected chi connectivity index (χ4v) is 2.44. The fourth-order valence-electron chi connectivity index (χ4n) is 2.44. The number of benzene rings is 1. The minimum absolute atomic E-state index is 0. The van der Waals surface area contributed by atoms with Gasteiger partial charge in [0.2, 0.25) is 5.91 Å². The number of hydrogen-bond donors (Lipinski definition) is 3. The van der Waals surface area contributed by atoms with Gasteiger partial charge in [-0.15, -0.1) is 12.4 Å². The summed E-state index contributed by atoms with van der Waals surface area (Å²) in [6, 6.07) is 2.44. The number of carbonyl (C=O) groups is 1. The van der Waals surface area contributed by atoms with Crippen molar-refractivity contribution >= 4 is 18.3 Å². The van der Waals surface area contributed by atoms with E-state index < -0.39 is 23.8 Å². The number of nitrogens with one attached hydrogen (secondary N) is 1. The Kier molecular flexibility index (Phi) is 9.05. The number of amides is 1. The molecule has 1 amide bonds. The third kappa shape index (κ3) is 6.74. The Hall–Kier alpha value is -1.48. The second-order valence-corrected chi connectivity index (χ2v) is 5.76. The van der Waals surface area contributed by atoms with Crippen molar-refractivity contribution in [3.63, 3.8) is 0 Å². The molecule has 2 atom stereocenters. The third-order valence-electron chi connectivity index (χ3n) is 3.92. The van der Waals surface area contributed by atoms with Crippen molar-refractivity contribution in [1.29, 1.82) is 0 Å². The molecule has 1 fully saturated rings. The standard InChI is InChI=1S/C16H22F2N2O4.ClH/c17-13-2-1-12(7-14(13)18)24-9-11(21)8-20-16(22)15(19)10-3-5-23-6-4-10;/h1-2,7,10-11,15,21H,3-6,8-9,19H2,(H,20,22);1H. The molecule has 0 aliphatic carbocycles. The number of halogens is 3. The van der Waals surface area contributed by atoms with E-state index in [1.807, 2.05) is 0 Å². The first-order valence-corrected chi connectivity index (χ1v) is 7.84. The van der Waals surface area contributed by atoms with Crippen molar-refractivity contribution < 1.29 is 28.2 Å². The van der Waals surface area contributed by atoms with Crippen LogP contribution in [0.25, 0.3) is 0 Å². The summed E-state index contributed by atoms with van der Waals surface area (Å²) in [7, 11) is 0. The molecule has 25 heavy (non-hydrogen) atoms. The summed E-state index contributed by atoms with van der Waals surface area (Å²) >= 11 is 0. The van der Waals surface area contributed by atoms with E-state index in [9.17, 15) is 18.7 Å². The third-order valence-corrected chi connectivity index (χ3v) is 3.92. The van der Waals surface area contributed by atoms with Crippen LogP contribution in [0.5, 0.6) is 5.75 Å². The van der Waals surface area contributed by atoms with Gasteiger partial charge >= 0.3 is 0 Å². The monoisotopic (exact) mass is 380 g/mol. The van der Waals surface area contributed by atoms with Crippen LogP contribution in [0, 0.1) is 17.6 Å². The Bertz CT molecular complexity index is 559. The molecule has 2 unspecified atom stereocenters. The zero-order chi connectivity index (χ0) is 17.5. The van der Waals surface area contributed by atoms with Gasteiger partial charge in [-0.3, -0.25) is 4.79 Å². The van der Waals surface area contributed by atoms with Crippen LogP contribution in [-0.2, 0) is 9.53 Å². The normalized spacial score (nSPS) is 17.3. The number of aliphatic hydroxyl groups is 1. The van der Waals surface area contributed by atoms with Gasteiger partial charge in [0.05, 0.1) is 6.04 Å². The van der Waals surface area contributed by atoms with E-state index in [-0.39, 0.29) is 43.1 Å². The number of carbonyl (C=O) groups excluding carboxylic acids is 1. The number of ether oxygens (including phenoxy) is 2. The smallest absolute Gasteiger partial charge is 0.237 e. The summed E-state index contributed by atoms with van der Waals surface area (Å²) in [6.07, 6.45) is 0.469. The molecule has 142 valence electrons. The second kappa shape index (κ2) is 10.5.